The van der Waals surface area contributed by atoms with E-state index in [0.29, 0.717) is 25.2 Å². The lowest BCUT2D eigenvalue weighted by Gasteiger charge is -2.01. The Morgan fingerprint density at radius 2 is 2.21 bits per heavy atom. The van der Waals surface area contributed by atoms with Crippen LogP contribution in [0.4, 0.5) is 0 Å². The van der Waals surface area contributed by atoms with Crippen LogP contribution in [0.1, 0.15) is 19.8 Å². The molecule has 0 saturated heterocycles. The van der Waals surface area contributed by atoms with Crippen molar-refractivity contribution in [2.45, 2.75) is 25.8 Å². The summed E-state index contributed by atoms with van der Waals surface area (Å²) < 4.78 is 0. The van der Waals surface area contributed by atoms with E-state index >= 15 is 0 Å². The van der Waals surface area contributed by atoms with Crippen LogP contribution in [-0.2, 0) is 4.79 Å². The predicted molar refractivity (Wildman–Crippen MR) is 56.1 cm³/mol. The molecular weight excluding hydrogens is 182 g/mol. The third-order valence-corrected chi connectivity index (χ3v) is 1.57. The van der Waals surface area contributed by atoms with Crippen LogP contribution in [-0.4, -0.2) is 29.5 Å². The first kappa shape index (κ1) is 12.6. The molecule has 0 heterocycles. The summed E-state index contributed by atoms with van der Waals surface area (Å²) in [6, 6.07) is -0.778. The molecule has 0 aliphatic heterocycles. The molecule has 0 aromatic carbocycles. The van der Waals surface area contributed by atoms with Crippen LogP contribution < -0.4 is 11.5 Å². The maximum Gasteiger partial charge on any atom is 0.320 e. The lowest BCUT2D eigenvalue weighted by Crippen LogP contribution is -2.29. The predicted octanol–water partition coefficient (Wildman–Crippen LogP) is 0.112. The van der Waals surface area contributed by atoms with Gasteiger partial charge in [-0.05, 0) is 19.8 Å². The Hall–Kier alpha value is -1.36. The van der Waals surface area contributed by atoms with E-state index in [4.69, 9.17) is 16.6 Å². The fraction of sp³-hybridized carbons (Fsp3) is 0.556. The zero-order valence-electron chi connectivity index (χ0n) is 8.31. The Labute approximate surface area is 83.5 Å². The molecular formula is C9H17N3O2. The van der Waals surface area contributed by atoms with Gasteiger partial charge in [-0.15, -0.1) is 0 Å². The maximum atomic E-state index is 10.3. The number of nitrogens with zero attached hydrogens (tertiary/aromatic N) is 1. The number of allylic oxidation sites excluding steroid dienone is 1. The van der Waals surface area contributed by atoms with E-state index in [1.165, 1.54) is 0 Å². The van der Waals surface area contributed by atoms with E-state index in [2.05, 4.69) is 4.99 Å². The van der Waals surface area contributed by atoms with Crippen molar-refractivity contribution in [2.75, 3.05) is 6.54 Å². The van der Waals surface area contributed by atoms with Gasteiger partial charge in [0.1, 0.15) is 6.04 Å². The molecule has 1 atom stereocenters. The van der Waals surface area contributed by atoms with Crippen LogP contribution >= 0.6 is 0 Å². The maximum absolute atomic E-state index is 10.3. The largest absolute Gasteiger partial charge is 0.480 e. The number of carbonyl (C=O) groups is 1. The fourth-order valence-corrected chi connectivity index (χ4v) is 0.788. The van der Waals surface area contributed by atoms with Crippen molar-refractivity contribution in [1.82, 2.24) is 0 Å². The van der Waals surface area contributed by atoms with Gasteiger partial charge in [-0.25, -0.2) is 0 Å². The van der Waals surface area contributed by atoms with E-state index in [-0.39, 0.29) is 0 Å². The number of carboxylic acids is 1. The first-order valence-electron chi connectivity index (χ1n) is 4.44. The summed E-state index contributed by atoms with van der Waals surface area (Å²) in [5, 5.41) is 8.47. The van der Waals surface area contributed by atoms with Crippen molar-refractivity contribution >= 4 is 11.8 Å². The minimum Gasteiger partial charge on any atom is -0.480 e. The molecule has 0 saturated carbocycles. The van der Waals surface area contributed by atoms with Crippen molar-refractivity contribution in [3.8, 4) is 0 Å². The summed E-state index contributed by atoms with van der Waals surface area (Å²) >= 11 is 0. The van der Waals surface area contributed by atoms with Crippen molar-refractivity contribution in [1.29, 1.82) is 0 Å². The van der Waals surface area contributed by atoms with Crippen molar-refractivity contribution < 1.29 is 9.90 Å². The summed E-state index contributed by atoms with van der Waals surface area (Å²) in [6.07, 6.45) is 4.78. The highest BCUT2D eigenvalue weighted by atomic mass is 16.4. The molecule has 5 N–H and O–H groups in total. The Morgan fingerprint density at radius 3 is 2.71 bits per heavy atom. The molecule has 0 amide bonds. The molecule has 0 spiro atoms. The number of amidine groups is 1. The first-order chi connectivity index (χ1) is 6.54. The zero-order chi connectivity index (χ0) is 11.0. The average molecular weight is 199 g/mol. The van der Waals surface area contributed by atoms with Gasteiger partial charge in [-0.1, -0.05) is 12.2 Å². The quantitative estimate of drug-likeness (QED) is 0.321. The summed E-state index contributed by atoms with van der Waals surface area (Å²) in [4.78, 5) is 14.3. The minimum absolute atomic E-state index is 0.442. The first-order valence-corrected chi connectivity index (χ1v) is 4.44. The van der Waals surface area contributed by atoms with Crippen LogP contribution in [0.5, 0.6) is 0 Å². The van der Waals surface area contributed by atoms with Crippen molar-refractivity contribution in [3.05, 3.63) is 12.2 Å². The molecule has 5 heteroatoms. The highest BCUT2D eigenvalue weighted by Crippen LogP contribution is 1.95. The Morgan fingerprint density at radius 1 is 1.57 bits per heavy atom. The van der Waals surface area contributed by atoms with Gasteiger partial charge in [0.25, 0.3) is 0 Å². The van der Waals surface area contributed by atoms with Crippen molar-refractivity contribution in [2.24, 2.45) is 16.5 Å². The molecule has 80 valence electrons. The summed E-state index contributed by atoms with van der Waals surface area (Å²) in [5.74, 6) is -0.425. The lowest BCUT2D eigenvalue weighted by molar-refractivity contribution is -0.138. The molecule has 0 fully saturated rings. The minimum atomic E-state index is -0.964. The number of aliphatic imine (C=N–C) groups is 1. The monoisotopic (exact) mass is 199 g/mol. The second-order valence-corrected chi connectivity index (χ2v) is 2.98. The molecule has 14 heavy (non-hydrogen) atoms. The van der Waals surface area contributed by atoms with Gasteiger partial charge in [0, 0.05) is 0 Å². The molecule has 0 aliphatic rings. The average Bonchev–Trinajstić information content (AvgIpc) is 2.09. The molecule has 1 unspecified atom stereocenters. The van der Waals surface area contributed by atoms with Gasteiger partial charge >= 0.3 is 5.97 Å². The number of hydrogen-bond acceptors (Lipinski definition) is 3. The van der Waals surface area contributed by atoms with Gasteiger partial charge in [0.2, 0.25) is 0 Å². The molecule has 0 radical (unpaired) electrons. The van der Waals surface area contributed by atoms with Crippen LogP contribution in [0.15, 0.2) is 17.1 Å². The van der Waals surface area contributed by atoms with Crippen LogP contribution in [0.2, 0.25) is 0 Å². The number of aliphatic carboxylic acids is 1. The zero-order valence-corrected chi connectivity index (χ0v) is 8.31. The highest BCUT2D eigenvalue weighted by molar-refractivity contribution is 5.77. The second kappa shape index (κ2) is 7.08. The van der Waals surface area contributed by atoms with E-state index in [0.717, 1.165) is 0 Å². The standard InChI is InChI=1S/C9H17N3O2/c1-7(10)12-6-4-2-3-5-8(11)9(13)14/h2,4,8H,3,5-6,11H2,1H3,(H2,10,12)(H,13,14)/b4-2-. The highest BCUT2D eigenvalue weighted by Gasteiger charge is 2.08. The Kier molecular flexibility index (Phi) is 6.39. The normalized spacial score (nSPS) is 14.6. The smallest absolute Gasteiger partial charge is 0.320 e. The Bertz CT molecular complexity index is 232. The van der Waals surface area contributed by atoms with E-state index in [9.17, 15) is 4.79 Å². The van der Waals surface area contributed by atoms with Gasteiger partial charge in [0.05, 0.1) is 12.4 Å². The number of rotatable bonds is 6. The van der Waals surface area contributed by atoms with Gasteiger partial charge in [0.15, 0.2) is 0 Å². The molecule has 0 bridgehead atoms. The molecule has 0 aliphatic carbocycles. The van der Waals surface area contributed by atoms with E-state index in [1.54, 1.807) is 6.92 Å². The summed E-state index contributed by atoms with van der Waals surface area (Å²) in [5.41, 5.74) is 10.6. The van der Waals surface area contributed by atoms with E-state index in [1.807, 2.05) is 12.2 Å². The summed E-state index contributed by atoms with van der Waals surface area (Å²) in [6.45, 7) is 2.25. The molecule has 0 rings (SSSR count). The number of hydrogen-bond donors (Lipinski definition) is 3. The second-order valence-electron chi connectivity index (χ2n) is 2.98. The number of nitrogens with two attached hydrogens (primary N) is 2. The summed E-state index contributed by atoms with van der Waals surface area (Å²) in [7, 11) is 0. The van der Waals surface area contributed by atoms with Gasteiger partial charge < -0.3 is 16.6 Å². The third-order valence-electron chi connectivity index (χ3n) is 1.57. The number of carboxylic acid groups (broad SMARTS) is 1. The topological polar surface area (TPSA) is 102 Å². The lowest BCUT2D eigenvalue weighted by atomic mass is 10.1. The van der Waals surface area contributed by atoms with Gasteiger partial charge in [-0.2, -0.15) is 0 Å². The molecule has 0 aromatic rings. The van der Waals surface area contributed by atoms with Crippen LogP contribution in [0.25, 0.3) is 0 Å². The fourth-order valence-electron chi connectivity index (χ4n) is 0.788. The third kappa shape index (κ3) is 7.30. The van der Waals surface area contributed by atoms with Crippen LogP contribution in [0.3, 0.4) is 0 Å². The molecule has 5 nitrogen and oxygen atoms in total. The molecule has 0 aromatic heterocycles. The van der Waals surface area contributed by atoms with Crippen LogP contribution in [0, 0.1) is 0 Å². The van der Waals surface area contributed by atoms with Crippen molar-refractivity contribution in [3.63, 3.8) is 0 Å². The van der Waals surface area contributed by atoms with E-state index < -0.39 is 12.0 Å². The van der Waals surface area contributed by atoms with Gasteiger partial charge in [-0.3, -0.25) is 9.79 Å². The Balaban J connectivity index is 3.54. The SMILES string of the molecule is CC(N)=NC/C=C\CCC(N)C(=O)O.